The summed E-state index contributed by atoms with van der Waals surface area (Å²) < 4.78 is 14.9. The van der Waals surface area contributed by atoms with E-state index in [1.165, 1.54) is 18.9 Å². The molecule has 3 aliphatic heterocycles. The van der Waals surface area contributed by atoms with Crippen molar-refractivity contribution < 1.29 is 14.0 Å². The average Bonchev–Trinajstić information content (AvgIpc) is 2.75. The van der Waals surface area contributed by atoms with Gasteiger partial charge in [-0.2, -0.15) is 0 Å². The molecule has 0 aromatic heterocycles. The van der Waals surface area contributed by atoms with Gasteiger partial charge in [0.15, 0.2) is 0 Å². The summed E-state index contributed by atoms with van der Waals surface area (Å²) in [5.74, 6) is 0.202. The van der Waals surface area contributed by atoms with Crippen LogP contribution in [0.1, 0.15) is 44.1 Å². The standard InChI is InChI=1S/C23H33FN4O2/c1-16(17-6-8-25-9-7-17)15-27-10-12-28(13-11-27)21-4-2-18(14-20(21)24)19-3-5-22(29)26-23(19)30/h2,4,14,16-17,19,25H,3,5-13,15H2,1H3,(H,26,29,30)/t16-,19?/m1/s1. The number of benzene rings is 1. The molecular formula is C23H33FN4O2. The Morgan fingerprint density at radius 2 is 1.83 bits per heavy atom. The molecule has 0 saturated carbocycles. The summed E-state index contributed by atoms with van der Waals surface area (Å²) in [6.45, 7) is 9.29. The van der Waals surface area contributed by atoms with Crippen LogP contribution in [-0.2, 0) is 9.59 Å². The second-order valence-corrected chi connectivity index (χ2v) is 9.07. The molecule has 2 amide bonds. The number of carbonyl (C=O) groups is 2. The molecule has 2 N–H and O–H groups in total. The lowest BCUT2D eigenvalue weighted by Crippen LogP contribution is -2.48. The maximum Gasteiger partial charge on any atom is 0.234 e. The molecule has 6 nitrogen and oxygen atoms in total. The van der Waals surface area contributed by atoms with Crippen LogP contribution in [-0.4, -0.2) is 62.5 Å². The normalized spacial score (nSPS) is 25.3. The maximum atomic E-state index is 14.9. The molecule has 164 valence electrons. The molecule has 4 rings (SSSR count). The number of hydrogen-bond acceptors (Lipinski definition) is 5. The number of nitrogens with one attached hydrogen (secondary N) is 2. The highest BCUT2D eigenvalue weighted by Gasteiger charge is 2.29. The molecule has 0 radical (unpaired) electrons. The molecular weight excluding hydrogens is 383 g/mol. The summed E-state index contributed by atoms with van der Waals surface area (Å²) in [5, 5.41) is 5.79. The fourth-order valence-electron chi connectivity index (χ4n) is 5.15. The average molecular weight is 417 g/mol. The lowest BCUT2D eigenvalue weighted by atomic mass is 9.85. The predicted octanol–water partition coefficient (Wildman–Crippen LogP) is 2.10. The number of piperazine rings is 1. The highest BCUT2D eigenvalue weighted by Crippen LogP contribution is 2.30. The van der Waals surface area contributed by atoms with E-state index in [1.54, 1.807) is 6.07 Å². The number of carbonyl (C=O) groups excluding carboxylic acids is 2. The van der Waals surface area contributed by atoms with Gasteiger partial charge in [0.1, 0.15) is 5.82 Å². The first-order chi connectivity index (χ1) is 14.5. The Kier molecular flexibility index (Phi) is 6.68. The molecule has 3 heterocycles. The van der Waals surface area contributed by atoms with Gasteiger partial charge in [0.05, 0.1) is 11.6 Å². The number of hydrogen-bond donors (Lipinski definition) is 2. The first kappa shape index (κ1) is 21.2. The van der Waals surface area contributed by atoms with E-state index in [0.717, 1.165) is 51.7 Å². The third-order valence-corrected chi connectivity index (χ3v) is 7.06. The van der Waals surface area contributed by atoms with Crippen LogP contribution in [0.3, 0.4) is 0 Å². The van der Waals surface area contributed by atoms with Crippen molar-refractivity contribution in [2.24, 2.45) is 11.8 Å². The molecule has 0 aliphatic carbocycles. The first-order valence-corrected chi connectivity index (χ1v) is 11.3. The van der Waals surface area contributed by atoms with E-state index in [0.29, 0.717) is 30.0 Å². The van der Waals surface area contributed by atoms with Crippen molar-refractivity contribution in [1.29, 1.82) is 0 Å². The maximum absolute atomic E-state index is 14.9. The second-order valence-electron chi connectivity index (χ2n) is 9.07. The van der Waals surface area contributed by atoms with Crippen LogP contribution in [0.4, 0.5) is 10.1 Å². The topological polar surface area (TPSA) is 64.7 Å². The SMILES string of the molecule is C[C@H](CN1CCN(c2ccc(C3CCC(=O)NC3=O)cc2F)CC1)C1CCNCC1. The van der Waals surface area contributed by atoms with Crippen molar-refractivity contribution in [3.05, 3.63) is 29.6 Å². The highest BCUT2D eigenvalue weighted by molar-refractivity contribution is 6.00. The van der Waals surface area contributed by atoms with Crippen molar-refractivity contribution >= 4 is 17.5 Å². The molecule has 7 heteroatoms. The second kappa shape index (κ2) is 9.43. The minimum absolute atomic E-state index is 0.249. The Morgan fingerprint density at radius 1 is 1.10 bits per heavy atom. The lowest BCUT2D eigenvalue weighted by molar-refractivity contribution is -0.134. The number of imide groups is 1. The lowest BCUT2D eigenvalue weighted by Gasteiger charge is -2.39. The fraction of sp³-hybridized carbons (Fsp3) is 0.652. The van der Waals surface area contributed by atoms with Gasteiger partial charge in [0.25, 0.3) is 0 Å². The van der Waals surface area contributed by atoms with Crippen LogP contribution in [0.15, 0.2) is 18.2 Å². The minimum Gasteiger partial charge on any atom is -0.367 e. The van der Waals surface area contributed by atoms with Gasteiger partial charge in [0.2, 0.25) is 11.8 Å². The number of rotatable bonds is 5. The van der Waals surface area contributed by atoms with Gasteiger partial charge in [0, 0.05) is 39.1 Å². The van der Waals surface area contributed by atoms with Crippen molar-refractivity contribution in [3.8, 4) is 0 Å². The monoisotopic (exact) mass is 416 g/mol. The summed E-state index contributed by atoms with van der Waals surface area (Å²) in [4.78, 5) is 28.0. The largest absolute Gasteiger partial charge is 0.367 e. The zero-order valence-corrected chi connectivity index (χ0v) is 17.8. The number of anilines is 1. The van der Waals surface area contributed by atoms with Gasteiger partial charge >= 0.3 is 0 Å². The van der Waals surface area contributed by atoms with Gasteiger partial charge in [-0.15, -0.1) is 0 Å². The van der Waals surface area contributed by atoms with E-state index in [-0.39, 0.29) is 17.6 Å². The van der Waals surface area contributed by atoms with Crippen LogP contribution in [0.5, 0.6) is 0 Å². The quantitative estimate of drug-likeness (QED) is 0.720. The summed E-state index contributed by atoms with van der Waals surface area (Å²) >= 11 is 0. The molecule has 0 spiro atoms. The Morgan fingerprint density at radius 3 is 2.50 bits per heavy atom. The number of halogens is 1. The van der Waals surface area contributed by atoms with Gasteiger partial charge in [-0.1, -0.05) is 13.0 Å². The van der Waals surface area contributed by atoms with Crippen molar-refractivity contribution in [1.82, 2.24) is 15.5 Å². The third-order valence-electron chi connectivity index (χ3n) is 7.06. The zero-order valence-electron chi connectivity index (χ0n) is 17.8. The van der Waals surface area contributed by atoms with Crippen molar-refractivity contribution in [3.63, 3.8) is 0 Å². The molecule has 2 atom stereocenters. The zero-order chi connectivity index (χ0) is 21.1. The molecule has 30 heavy (non-hydrogen) atoms. The summed E-state index contributed by atoms with van der Waals surface area (Å²) in [7, 11) is 0. The van der Waals surface area contributed by atoms with Gasteiger partial charge < -0.3 is 10.2 Å². The predicted molar refractivity (Wildman–Crippen MR) is 115 cm³/mol. The van der Waals surface area contributed by atoms with Crippen LogP contribution in [0.2, 0.25) is 0 Å². The van der Waals surface area contributed by atoms with Gasteiger partial charge in [-0.25, -0.2) is 4.39 Å². The summed E-state index contributed by atoms with van der Waals surface area (Å²) in [6, 6.07) is 5.10. The van der Waals surface area contributed by atoms with Gasteiger partial charge in [-0.3, -0.25) is 19.8 Å². The Balaban J connectivity index is 1.32. The van der Waals surface area contributed by atoms with Crippen LogP contribution in [0.25, 0.3) is 0 Å². The van der Waals surface area contributed by atoms with E-state index in [9.17, 15) is 14.0 Å². The molecule has 3 aliphatic rings. The highest BCUT2D eigenvalue weighted by atomic mass is 19.1. The Bertz CT molecular complexity index is 772. The van der Waals surface area contributed by atoms with Crippen molar-refractivity contribution in [2.75, 3.05) is 50.7 Å². The van der Waals surface area contributed by atoms with Crippen LogP contribution < -0.4 is 15.5 Å². The number of piperidine rings is 2. The van der Waals surface area contributed by atoms with Gasteiger partial charge in [-0.05, 0) is 61.9 Å². The third kappa shape index (κ3) is 4.83. The number of amides is 2. The van der Waals surface area contributed by atoms with E-state index in [1.807, 2.05) is 6.07 Å². The molecule has 3 saturated heterocycles. The molecule has 1 unspecified atom stereocenters. The van der Waals surface area contributed by atoms with Crippen molar-refractivity contribution in [2.45, 2.75) is 38.5 Å². The fourth-order valence-corrected chi connectivity index (χ4v) is 5.15. The molecule has 1 aromatic rings. The Labute approximate surface area is 178 Å². The smallest absolute Gasteiger partial charge is 0.234 e. The summed E-state index contributed by atoms with van der Waals surface area (Å²) in [5.41, 5.74) is 1.26. The minimum atomic E-state index is -0.445. The van der Waals surface area contributed by atoms with E-state index in [4.69, 9.17) is 0 Å². The molecule has 0 bridgehead atoms. The van der Waals surface area contributed by atoms with Crippen LogP contribution in [0, 0.1) is 17.7 Å². The Hall–Kier alpha value is -1.99. The van der Waals surface area contributed by atoms with Crippen LogP contribution >= 0.6 is 0 Å². The summed E-state index contributed by atoms with van der Waals surface area (Å²) in [6.07, 6.45) is 3.28. The van der Waals surface area contributed by atoms with E-state index in [2.05, 4.69) is 27.4 Å². The van der Waals surface area contributed by atoms with E-state index < -0.39 is 5.92 Å². The number of nitrogens with zero attached hydrogens (tertiary/aromatic N) is 2. The first-order valence-electron chi connectivity index (χ1n) is 11.3. The van der Waals surface area contributed by atoms with E-state index >= 15 is 0 Å². The molecule has 1 aromatic carbocycles. The molecule has 3 fully saturated rings.